The summed E-state index contributed by atoms with van der Waals surface area (Å²) in [5, 5.41) is 0.810. The first kappa shape index (κ1) is 8.62. The molecule has 2 rings (SSSR count). The first-order chi connectivity index (χ1) is 6.18. The third-order valence-corrected chi connectivity index (χ3v) is 2.38. The molecule has 0 aromatic carbocycles. The summed E-state index contributed by atoms with van der Waals surface area (Å²) in [4.78, 5) is 6.54. The normalized spacial score (nSPS) is 11.4. The van der Waals surface area contributed by atoms with Gasteiger partial charge >= 0.3 is 0 Å². The minimum Gasteiger partial charge on any atom is -0.346 e. The zero-order chi connectivity index (χ0) is 9.42. The van der Waals surface area contributed by atoms with Crippen LogP contribution in [0, 0.1) is 0 Å². The molecule has 0 spiro atoms. The highest BCUT2D eigenvalue weighted by Crippen LogP contribution is 2.26. The monoisotopic (exact) mass is 246 g/mol. The summed E-state index contributed by atoms with van der Waals surface area (Å²) in [5.41, 5.74) is 0.256. The van der Waals surface area contributed by atoms with Crippen molar-refractivity contribution in [1.82, 2.24) is 9.97 Å². The summed E-state index contributed by atoms with van der Waals surface area (Å²) in [6.45, 7) is 0. The van der Waals surface area contributed by atoms with Crippen molar-refractivity contribution in [3.05, 3.63) is 28.5 Å². The molecule has 0 bridgehead atoms. The first-order valence-corrected chi connectivity index (χ1v) is 4.39. The molecule has 2 aromatic heterocycles. The van der Waals surface area contributed by atoms with Gasteiger partial charge in [0.2, 0.25) is 0 Å². The largest absolute Gasteiger partial charge is 0.346 e. The van der Waals surface area contributed by atoms with Crippen LogP contribution in [0.1, 0.15) is 12.1 Å². The molecule has 0 atom stereocenters. The second-order valence-electron chi connectivity index (χ2n) is 2.57. The lowest BCUT2D eigenvalue weighted by atomic mass is 10.3. The first-order valence-electron chi connectivity index (χ1n) is 3.60. The van der Waals surface area contributed by atoms with Crippen LogP contribution >= 0.6 is 15.9 Å². The number of aromatic nitrogens is 2. The Labute approximate surface area is 81.1 Å². The van der Waals surface area contributed by atoms with Gasteiger partial charge in [-0.15, -0.1) is 0 Å². The standard InChI is InChI=1S/C8H5BrF2N2/c9-5-3-6(7(10)11)13-8-4(5)1-2-12-8/h1-3,7H,(H,12,13). The van der Waals surface area contributed by atoms with E-state index < -0.39 is 6.43 Å². The van der Waals surface area contributed by atoms with Gasteiger partial charge in [0.05, 0.1) is 0 Å². The molecule has 0 saturated carbocycles. The number of nitrogens with one attached hydrogen (secondary N) is 1. The average Bonchev–Trinajstić information content (AvgIpc) is 2.51. The summed E-state index contributed by atoms with van der Waals surface area (Å²) in [6, 6.07) is 3.11. The maximum atomic E-state index is 12.3. The Balaban J connectivity index is 2.70. The molecule has 0 radical (unpaired) electrons. The van der Waals surface area contributed by atoms with Gasteiger partial charge in [-0.3, -0.25) is 0 Å². The van der Waals surface area contributed by atoms with E-state index in [9.17, 15) is 8.78 Å². The predicted molar refractivity (Wildman–Crippen MR) is 48.8 cm³/mol. The van der Waals surface area contributed by atoms with Crippen molar-refractivity contribution in [1.29, 1.82) is 0 Å². The van der Waals surface area contributed by atoms with Gasteiger partial charge in [-0.25, -0.2) is 13.8 Å². The van der Waals surface area contributed by atoms with Crippen LogP contribution in [-0.2, 0) is 0 Å². The zero-order valence-corrected chi connectivity index (χ0v) is 7.98. The van der Waals surface area contributed by atoms with E-state index in [2.05, 4.69) is 25.9 Å². The Kier molecular flexibility index (Phi) is 2.03. The third kappa shape index (κ3) is 1.44. The molecule has 2 aromatic rings. The molecule has 0 saturated heterocycles. The molecular formula is C8H5BrF2N2. The Morgan fingerprint density at radius 1 is 1.46 bits per heavy atom. The Hall–Kier alpha value is -0.970. The molecule has 1 N–H and O–H groups in total. The molecule has 0 aliphatic carbocycles. The smallest absolute Gasteiger partial charge is 0.280 e. The minimum atomic E-state index is -2.54. The molecule has 0 fully saturated rings. The summed E-state index contributed by atoms with van der Waals surface area (Å²) < 4.78 is 25.2. The van der Waals surface area contributed by atoms with Crippen LogP contribution in [0.2, 0.25) is 0 Å². The summed E-state index contributed by atoms with van der Waals surface area (Å²) in [5.74, 6) is 0. The molecule has 2 nitrogen and oxygen atoms in total. The fourth-order valence-corrected chi connectivity index (χ4v) is 1.68. The van der Waals surface area contributed by atoms with E-state index in [4.69, 9.17) is 0 Å². The number of H-pyrrole nitrogens is 1. The Morgan fingerprint density at radius 2 is 2.23 bits per heavy atom. The van der Waals surface area contributed by atoms with E-state index in [1.807, 2.05) is 0 Å². The second-order valence-corrected chi connectivity index (χ2v) is 3.42. The summed E-state index contributed by atoms with van der Waals surface area (Å²) in [7, 11) is 0. The molecular weight excluding hydrogens is 242 g/mol. The van der Waals surface area contributed by atoms with Gasteiger partial charge in [0.1, 0.15) is 11.3 Å². The van der Waals surface area contributed by atoms with Crippen molar-refractivity contribution in [3.8, 4) is 0 Å². The predicted octanol–water partition coefficient (Wildman–Crippen LogP) is 3.26. The van der Waals surface area contributed by atoms with Crippen LogP contribution in [0.15, 0.2) is 22.8 Å². The Bertz CT molecular complexity index is 439. The molecule has 2 heterocycles. The van der Waals surface area contributed by atoms with E-state index in [1.54, 1.807) is 12.3 Å². The topological polar surface area (TPSA) is 28.7 Å². The number of aromatic amines is 1. The molecule has 0 unspecified atom stereocenters. The fraction of sp³-hybridized carbons (Fsp3) is 0.125. The van der Waals surface area contributed by atoms with Crippen LogP contribution < -0.4 is 0 Å². The van der Waals surface area contributed by atoms with Crippen molar-refractivity contribution >= 4 is 27.0 Å². The van der Waals surface area contributed by atoms with Crippen molar-refractivity contribution < 1.29 is 8.78 Å². The number of nitrogens with zero attached hydrogens (tertiary/aromatic N) is 1. The fourth-order valence-electron chi connectivity index (χ4n) is 1.13. The van der Waals surface area contributed by atoms with Crippen LogP contribution in [0.4, 0.5) is 8.78 Å². The second kappa shape index (κ2) is 3.06. The molecule has 68 valence electrons. The van der Waals surface area contributed by atoms with Gasteiger partial charge in [0.15, 0.2) is 0 Å². The van der Waals surface area contributed by atoms with Gasteiger partial charge in [-0.2, -0.15) is 0 Å². The van der Waals surface area contributed by atoms with Crippen LogP contribution in [0.25, 0.3) is 11.0 Å². The van der Waals surface area contributed by atoms with E-state index in [1.165, 1.54) is 6.07 Å². The van der Waals surface area contributed by atoms with Gasteiger partial charge in [-0.05, 0) is 28.1 Å². The van der Waals surface area contributed by atoms with Gasteiger partial charge in [-0.1, -0.05) is 0 Å². The van der Waals surface area contributed by atoms with Crippen molar-refractivity contribution in [3.63, 3.8) is 0 Å². The third-order valence-electron chi connectivity index (χ3n) is 1.72. The average molecular weight is 247 g/mol. The molecule has 0 amide bonds. The van der Waals surface area contributed by atoms with Gasteiger partial charge in [0.25, 0.3) is 6.43 Å². The highest BCUT2D eigenvalue weighted by Gasteiger charge is 2.12. The number of alkyl halides is 2. The number of pyridine rings is 1. The SMILES string of the molecule is FC(F)c1cc(Br)c2cc[nH]c2n1. The molecule has 0 aliphatic rings. The summed E-state index contributed by atoms with van der Waals surface area (Å²) >= 11 is 3.20. The Morgan fingerprint density at radius 3 is 2.92 bits per heavy atom. The van der Waals surface area contributed by atoms with Crippen LogP contribution in [-0.4, -0.2) is 9.97 Å². The van der Waals surface area contributed by atoms with Crippen molar-refractivity contribution in [2.45, 2.75) is 6.43 Å². The molecule has 5 heteroatoms. The maximum Gasteiger partial charge on any atom is 0.280 e. The lowest BCUT2D eigenvalue weighted by Crippen LogP contribution is -1.90. The van der Waals surface area contributed by atoms with E-state index in [0.717, 1.165) is 5.39 Å². The summed E-state index contributed by atoms with van der Waals surface area (Å²) in [6.07, 6.45) is -0.874. The number of fused-ring (bicyclic) bond motifs is 1. The molecule has 0 aliphatic heterocycles. The number of hydrogen-bond donors (Lipinski definition) is 1. The number of rotatable bonds is 1. The quantitative estimate of drug-likeness (QED) is 0.823. The lowest BCUT2D eigenvalue weighted by Gasteiger charge is -2.00. The molecule has 13 heavy (non-hydrogen) atoms. The van der Waals surface area contributed by atoms with Crippen LogP contribution in [0.5, 0.6) is 0 Å². The van der Waals surface area contributed by atoms with Crippen LogP contribution in [0.3, 0.4) is 0 Å². The number of hydrogen-bond acceptors (Lipinski definition) is 1. The highest BCUT2D eigenvalue weighted by atomic mass is 79.9. The highest BCUT2D eigenvalue weighted by molar-refractivity contribution is 9.10. The lowest BCUT2D eigenvalue weighted by molar-refractivity contribution is 0.146. The minimum absolute atomic E-state index is 0.221. The van der Waals surface area contributed by atoms with Crippen molar-refractivity contribution in [2.75, 3.05) is 0 Å². The van der Waals surface area contributed by atoms with Gasteiger partial charge in [0, 0.05) is 16.1 Å². The van der Waals surface area contributed by atoms with E-state index in [0.29, 0.717) is 10.1 Å². The number of halogens is 3. The van der Waals surface area contributed by atoms with Gasteiger partial charge < -0.3 is 4.98 Å². The van der Waals surface area contributed by atoms with E-state index in [-0.39, 0.29) is 5.69 Å². The maximum absolute atomic E-state index is 12.3. The van der Waals surface area contributed by atoms with E-state index >= 15 is 0 Å². The van der Waals surface area contributed by atoms with Crippen molar-refractivity contribution in [2.24, 2.45) is 0 Å². The zero-order valence-electron chi connectivity index (χ0n) is 6.39.